The molecule has 6 nitrogen and oxygen atoms in total. The Bertz CT molecular complexity index is 296. The van der Waals surface area contributed by atoms with Crippen molar-refractivity contribution in [2.45, 2.75) is 19.4 Å². The van der Waals surface area contributed by atoms with E-state index in [0.717, 1.165) is 0 Å². The molecular weight excluding hydrogens is 234 g/mol. The third kappa shape index (κ3) is 4.36. The van der Waals surface area contributed by atoms with Crippen LogP contribution in [-0.2, 0) is 9.59 Å². The standard InChI is InChI=1S/C12H23N3O3/c1-10(17)7-14-5-6-15(8-11(14)9-16)12(18)3-4-13-2/h11,13,16H,3-9H2,1-2H3. The van der Waals surface area contributed by atoms with E-state index in [4.69, 9.17) is 0 Å². The molecule has 0 radical (unpaired) electrons. The Balaban J connectivity index is 2.49. The van der Waals surface area contributed by atoms with Crippen molar-refractivity contribution < 1.29 is 14.7 Å². The van der Waals surface area contributed by atoms with Gasteiger partial charge >= 0.3 is 0 Å². The quantitative estimate of drug-likeness (QED) is 0.618. The van der Waals surface area contributed by atoms with E-state index < -0.39 is 0 Å². The fourth-order valence-corrected chi connectivity index (χ4v) is 2.18. The van der Waals surface area contributed by atoms with Crippen LogP contribution in [0.1, 0.15) is 13.3 Å². The molecule has 1 heterocycles. The molecule has 1 saturated heterocycles. The van der Waals surface area contributed by atoms with Crippen LogP contribution in [-0.4, -0.2) is 79.0 Å². The third-order valence-electron chi connectivity index (χ3n) is 3.18. The fourth-order valence-electron chi connectivity index (χ4n) is 2.18. The van der Waals surface area contributed by atoms with Gasteiger partial charge in [0.25, 0.3) is 0 Å². The van der Waals surface area contributed by atoms with Gasteiger partial charge in [-0.25, -0.2) is 0 Å². The number of carbonyl (C=O) groups is 2. The van der Waals surface area contributed by atoms with Gasteiger partial charge in [-0.2, -0.15) is 0 Å². The number of piperazine rings is 1. The summed E-state index contributed by atoms with van der Waals surface area (Å²) in [5.41, 5.74) is 0. The molecule has 18 heavy (non-hydrogen) atoms. The molecular formula is C12H23N3O3. The highest BCUT2D eigenvalue weighted by atomic mass is 16.3. The molecule has 0 spiro atoms. The predicted molar refractivity (Wildman–Crippen MR) is 68.3 cm³/mol. The lowest BCUT2D eigenvalue weighted by atomic mass is 10.1. The van der Waals surface area contributed by atoms with Crippen LogP contribution in [0.25, 0.3) is 0 Å². The molecule has 0 aliphatic carbocycles. The number of carbonyl (C=O) groups excluding carboxylic acids is 2. The molecule has 0 bridgehead atoms. The average molecular weight is 257 g/mol. The van der Waals surface area contributed by atoms with E-state index in [9.17, 15) is 14.7 Å². The van der Waals surface area contributed by atoms with Crippen LogP contribution < -0.4 is 5.32 Å². The Morgan fingerprint density at radius 3 is 2.67 bits per heavy atom. The van der Waals surface area contributed by atoms with Crippen molar-refractivity contribution in [2.24, 2.45) is 0 Å². The molecule has 1 atom stereocenters. The number of rotatable bonds is 6. The van der Waals surface area contributed by atoms with Crippen molar-refractivity contribution in [2.75, 3.05) is 46.4 Å². The Morgan fingerprint density at radius 1 is 1.39 bits per heavy atom. The van der Waals surface area contributed by atoms with Crippen LogP contribution in [0.2, 0.25) is 0 Å². The van der Waals surface area contributed by atoms with E-state index in [1.807, 2.05) is 11.9 Å². The summed E-state index contributed by atoms with van der Waals surface area (Å²) in [5.74, 6) is 0.189. The minimum Gasteiger partial charge on any atom is -0.395 e. The number of nitrogens with one attached hydrogen (secondary N) is 1. The maximum absolute atomic E-state index is 11.9. The summed E-state index contributed by atoms with van der Waals surface area (Å²) < 4.78 is 0. The van der Waals surface area contributed by atoms with E-state index in [1.54, 1.807) is 11.8 Å². The van der Waals surface area contributed by atoms with Crippen molar-refractivity contribution in [1.29, 1.82) is 0 Å². The lowest BCUT2D eigenvalue weighted by Gasteiger charge is -2.40. The minimum absolute atomic E-state index is 0.0247. The SMILES string of the molecule is CNCCC(=O)N1CCN(CC(C)=O)C(CO)C1. The van der Waals surface area contributed by atoms with Crippen LogP contribution in [0.15, 0.2) is 0 Å². The first-order valence-electron chi connectivity index (χ1n) is 6.35. The zero-order chi connectivity index (χ0) is 13.5. The van der Waals surface area contributed by atoms with Gasteiger partial charge in [-0.05, 0) is 14.0 Å². The maximum atomic E-state index is 11.9. The zero-order valence-corrected chi connectivity index (χ0v) is 11.2. The molecule has 0 aromatic heterocycles. The summed E-state index contributed by atoms with van der Waals surface area (Å²) >= 11 is 0. The number of Topliss-reactive ketones (excluding diaryl/α,β-unsaturated/α-hetero) is 1. The van der Waals surface area contributed by atoms with Gasteiger partial charge in [-0.15, -0.1) is 0 Å². The van der Waals surface area contributed by atoms with Crippen LogP contribution in [0.5, 0.6) is 0 Å². The Kier molecular flexibility index (Phi) is 6.24. The van der Waals surface area contributed by atoms with Gasteiger partial charge in [0.1, 0.15) is 5.78 Å². The number of hydrogen-bond acceptors (Lipinski definition) is 5. The second kappa shape index (κ2) is 7.45. The first-order chi connectivity index (χ1) is 8.58. The van der Waals surface area contributed by atoms with Gasteiger partial charge in [0.05, 0.1) is 19.2 Å². The number of amides is 1. The predicted octanol–water partition coefficient (Wildman–Crippen LogP) is -1.31. The Labute approximate surface area is 108 Å². The monoisotopic (exact) mass is 257 g/mol. The highest BCUT2D eigenvalue weighted by Gasteiger charge is 2.29. The summed E-state index contributed by atoms with van der Waals surface area (Å²) in [5, 5.41) is 12.3. The molecule has 0 saturated carbocycles. The number of nitrogens with zero attached hydrogens (tertiary/aromatic N) is 2. The highest BCUT2D eigenvalue weighted by Crippen LogP contribution is 2.10. The van der Waals surface area contributed by atoms with E-state index in [1.165, 1.54) is 0 Å². The van der Waals surface area contributed by atoms with Gasteiger partial charge in [0.15, 0.2) is 0 Å². The van der Waals surface area contributed by atoms with Crippen molar-refractivity contribution in [1.82, 2.24) is 15.1 Å². The normalized spacial score (nSPS) is 21.1. The smallest absolute Gasteiger partial charge is 0.223 e. The van der Waals surface area contributed by atoms with Crippen LogP contribution >= 0.6 is 0 Å². The highest BCUT2D eigenvalue weighted by molar-refractivity contribution is 5.78. The first-order valence-corrected chi connectivity index (χ1v) is 6.35. The van der Waals surface area contributed by atoms with Gasteiger partial charge in [-0.1, -0.05) is 0 Å². The third-order valence-corrected chi connectivity index (χ3v) is 3.18. The molecule has 1 rings (SSSR count). The second-order valence-corrected chi connectivity index (χ2v) is 4.70. The van der Waals surface area contributed by atoms with Crippen molar-refractivity contribution in [3.63, 3.8) is 0 Å². The van der Waals surface area contributed by atoms with E-state index in [-0.39, 0.29) is 24.3 Å². The van der Waals surface area contributed by atoms with Gasteiger partial charge < -0.3 is 15.3 Å². The molecule has 1 aliphatic heterocycles. The maximum Gasteiger partial charge on any atom is 0.223 e. The molecule has 6 heteroatoms. The van der Waals surface area contributed by atoms with Crippen molar-refractivity contribution in [3.8, 4) is 0 Å². The zero-order valence-electron chi connectivity index (χ0n) is 11.2. The molecule has 104 valence electrons. The largest absolute Gasteiger partial charge is 0.395 e. The van der Waals surface area contributed by atoms with Crippen LogP contribution in [0, 0.1) is 0 Å². The lowest BCUT2D eigenvalue weighted by Crippen LogP contribution is -2.57. The molecule has 1 aliphatic rings. The molecule has 0 aromatic carbocycles. The summed E-state index contributed by atoms with van der Waals surface area (Å²) in [4.78, 5) is 26.7. The number of aliphatic hydroxyl groups excluding tert-OH is 1. The molecule has 1 fully saturated rings. The summed E-state index contributed by atoms with van der Waals surface area (Å²) in [6, 6.07) is -0.124. The number of aliphatic hydroxyl groups is 1. The van der Waals surface area contributed by atoms with Crippen LogP contribution in [0.4, 0.5) is 0 Å². The molecule has 1 unspecified atom stereocenters. The molecule has 2 N–H and O–H groups in total. The fraction of sp³-hybridized carbons (Fsp3) is 0.833. The lowest BCUT2D eigenvalue weighted by molar-refractivity contribution is -0.135. The van der Waals surface area contributed by atoms with Gasteiger partial charge in [0.2, 0.25) is 5.91 Å². The Hall–Kier alpha value is -0.980. The number of hydrogen-bond donors (Lipinski definition) is 2. The summed E-state index contributed by atoms with van der Waals surface area (Å²) in [6.45, 7) is 4.32. The van der Waals surface area contributed by atoms with E-state index in [2.05, 4.69) is 5.32 Å². The van der Waals surface area contributed by atoms with Crippen molar-refractivity contribution in [3.05, 3.63) is 0 Å². The Morgan fingerprint density at radius 2 is 2.11 bits per heavy atom. The van der Waals surface area contributed by atoms with Gasteiger partial charge in [-0.3, -0.25) is 14.5 Å². The molecule has 0 aromatic rings. The van der Waals surface area contributed by atoms with E-state index >= 15 is 0 Å². The second-order valence-electron chi connectivity index (χ2n) is 4.70. The molecule has 1 amide bonds. The van der Waals surface area contributed by atoms with Crippen molar-refractivity contribution >= 4 is 11.7 Å². The van der Waals surface area contributed by atoms with Crippen LogP contribution in [0.3, 0.4) is 0 Å². The minimum atomic E-state index is -0.124. The summed E-state index contributed by atoms with van der Waals surface area (Å²) in [7, 11) is 1.81. The van der Waals surface area contributed by atoms with Gasteiger partial charge in [0, 0.05) is 32.6 Å². The summed E-state index contributed by atoms with van der Waals surface area (Å²) in [6.07, 6.45) is 0.474. The first kappa shape index (κ1) is 15.1. The number of ketones is 1. The average Bonchev–Trinajstić information content (AvgIpc) is 2.35. The van der Waals surface area contributed by atoms with E-state index in [0.29, 0.717) is 39.1 Å². The topological polar surface area (TPSA) is 72.9 Å².